The van der Waals surface area contributed by atoms with Crippen LogP contribution in [0.2, 0.25) is 0 Å². The smallest absolute Gasteiger partial charge is 0.227 e. The van der Waals surface area contributed by atoms with Gasteiger partial charge in [0.25, 0.3) is 0 Å². The molecule has 0 aliphatic carbocycles. The largest absolute Gasteiger partial charge is 0.312 e. The lowest BCUT2D eigenvalue weighted by atomic mass is 9.88. The van der Waals surface area contributed by atoms with E-state index in [1.807, 2.05) is 4.90 Å². The molecule has 0 unspecified atom stereocenters. The summed E-state index contributed by atoms with van der Waals surface area (Å²) in [5.41, 5.74) is 5.75. The standard InChI is InChI=1S/C28H36N2O2/c1-2-29(19-16-22-10-5-3-6-11-22)17-8-4-7-13-26(31)25-20-23-12-9-18-30-27(32)15-14-24(21-25)28(23)30/h3,5-6,10-11,20-21H,2,4,7-9,12-19H2,1H3. The lowest BCUT2D eigenvalue weighted by Gasteiger charge is -2.35. The Balaban J connectivity index is 1.23. The molecular weight excluding hydrogens is 396 g/mol. The molecule has 0 spiro atoms. The van der Waals surface area contributed by atoms with Crippen LogP contribution in [0.4, 0.5) is 5.69 Å². The maximum Gasteiger partial charge on any atom is 0.227 e. The first-order valence-corrected chi connectivity index (χ1v) is 12.4. The van der Waals surface area contributed by atoms with Crippen molar-refractivity contribution in [3.8, 4) is 0 Å². The quantitative estimate of drug-likeness (QED) is 0.361. The molecule has 170 valence electrons. The van der Waals surface area contributed by atoms with Crippen molar-refractivity contribution in [3.63, 3.8) is 0 Å². The van der Waals surface area contributed by atoms with Gasteiger partial charge in [-0.15, -0.1) is 0 Å². The molecule has 4 heteroatoms. The van der Waals surface area contributed by atoms with Gasteiger partial charge in [0.05, 0.1) is 5.69 Å². The average Bonchev–Trinajstić information content (AvgIpc) is 2.83. The Kier molecular flexibility index (Phi) is 7.75. The highest BCUT2D eigenvalue weighted by Gasteiger charge is 2.30. The normalized spacial score (nSPS) is 15.2. The summed E-state index contributed by atoms with van der Waals surface area (Å²) in [4.78, 5) is 29.6. The van der Waals surface area contributed by atoms with Crippen molar-refractivity contribution in [3.05, 3.63) is 64.7 Å². The van der Waals surface area contributed by atoms with E-state index in [-0.39, 0.29) is 11.7 Å². The zero-order valence-corrected chi connectivity index (χ0v) is 19.4. The molecular formula is C28H36N2O2. The lowest BCUT2D eigenvalue weighted by Crippen LogP contribution is -2.39. The number of hydrogen-bond acceptors (Lipinski definition) is 3. The summed E-state index contributed by atoms with van der Waals surface area (Å²) < 4.78 is 0. The fourth-order valence-corrected chi connectivity index (χ4v) is 5.12. The van der Waals surface area contributed by atoms with Gasteiger partial charge in [0.2, 0.25) is 5.91 Å². The van der Waals surface area contributed by atoms with Crippen molar-refractivity contribution >= 4 is 17.4 Å². The van der Waals surface area contributed by atoms with Crippen molar-refractivity contribution in [2.75, 3.05) is 31.1 Å². The van der Waals surface area contributed by atoms with Gasteiger partial charge in [-0.2, -0.15) is 0 Å². The number of aryl methyl sites for hydroxylation is 2. The van der Waals surface area contributed by atoms with E-state index in [1.165, 1.54) is 16.7 Å². The highest BCUT2D eigenvalue weighted by Crippen LogP contribution is 2.36. The molecule has 2 aliphatic rings. The van der Waals surface area contributed by atoms with Gasteiger partial charge in [0, 0.05) is 31.5 Å². The van der Waals surface area contributed by atoms with E-state index in [4.69, 9.17) is 0 Å². The Morgan fingerprint density at radius 2 is 1.75 bits per heavy atom. The van der Waals surface area contributed by atoms with Crippen molar-refractivity contribution in [1.82, 2.24) is 4.90 Å². The van der Waals surface area contributed by atoms with E-state index in [0.29, 0.717) is 12.8 Å². The molecule has 0 saturated heterocycles. The van der Waals surface area contributed by atoms with Crippen LogP contribution in [0, 0.1) is 0 Å². The SMILES string of the molecule is CCN(CCCCCC(=O)c1cc2c3c(c1)CCC(=O)N3CCC2)CCc1ccccc1. The van der Waals surface area contributed by atoms with E-state index < -0.39 is 0 Å². The van der Waals surface area contributed by atoms with Crippen LogP contribution in [0.1, 0.15) is 72.5 Å². The van der Waals surface area contributed by atoms with Crippen LogP contribution in [0.25, 0.3) is 0 Å². The zero-order valence-electron chi connectivity index (χ0n) is 19.4. The predicted octanol–water partition coefficient (Wildman–Crippen LogP) is 5.22. The molecule has 0 fully saturated rings. The second kappa shape index (κ2) is 10.9. The van der Waals surface area contributed by atoms with E-state index >= 15 is 0 Å². The minimum atomic E-state index is 0.238. The number of amides is 1. The second-order valence-corrected chi connectivity index (χ2v) is 9.20. The molecule has 0 radical (unpaired) electrons. The van der Waals surface area contributed by atoms with Gasteiger partial charge < -0.3 is 9.80 Å². The minimum Gasteiger partial charge on any atom is -0.312 e. The third kappa shape index (κ3) is 5.47. The molecule has 0 atom stereocenters. The fraction of sp³-hybridized carbons (Fsp3) is 0.500. The first-order chi connectivity index (χ1) is 15.7. The Morgan fingerprint density at radius 1 is 0.969 bits per heavy atom. The molecule has 0 N–H and O–H groups in total. The predicted molar refractivity (Wildman–Crippen MR) is 130 cm³/mol. The summed E-state index contributed by atoms with van der Waals surface area (Å²) in [5.74, 6) is 0.497. The van der Waals surface area contributed by atoms with Crippen LogP contribution in [0.5, 0.6) is 0 Å². The van der Waals surface area contributed by atoms with Crippen LogP contribution >= 0.6 is 0 Å². The number of anilines is 1. The van der Waals surface area contributed by atoms with Crippen molar-refractivity contribution < 1.29 is 9.59 Å². The summed E-state index contributed by atoms with van der Waals surface area (Å²) in [6, 6.07) is 14.8. The van der Waals surface area contributed by atoms with Gasteiger partial charge in [-0.05, 0) is 80.4 Å². The van der Waals surface area contributed by atoms with Crippen LogP contribution in [-0.4, -0.2) is 42.8 Å². The molecule has 2 heterocycles. The number of benzene rings is 2. The number of Topliss-reactive ketones (excluding diaryl/α,β-unsaturated/α-hetero) is 1. The van der Waals surface area contributed by atoms with Crippen LogP contribution in [-0.2, 0) is 24.1 Å². The maximum atomic E-state index is 12.9. The topological polar surface area (TPSA) is 40.6 Å². The van der Waals surface area contributed by atoms with Crippen LogP contribution in [0.3, 0.4) is 0 Å². The first kappa shape index (κ1) is 22.7. The Morgan fingerprint density at radius 3 is 2.53 bits per heavy atom. The van der Waals surface area contributed by atoms with E-state index in [0.717, 1.165) is 82.4 Å². The average molecular weight is 433 g/mol. The number of carbonyl (C=O) groups is 2. The van der Waals surface area contributed by atoms with Gasteiger partial charge in [-0.3, -0.25) is 9.59 Å². The van der Waals surface area contributed by atoms with Gasteiger partial charge in [-0.25, -0.2) is 0 Å². The van der Waals surface area contributed by atoms with Crippen LogP contribution < -0.4 is 4.90 Å². The monoisotopic (exact) mass is 432 g/mol. The highest BCUT2D eigenvalue weighted by molar-refractivity contribution is 6.01. The molecule has 0 saturated carbocycles. The van der Waals surface area contributed by atoms with Crippen molar-refractivity contribution in [1.29, 1.82) is 0 Å². The van der Waals surface area contributed by atoms with Gasteiger partial charge in [-0.1, -0.05) is 43.7 Å². The minimum absolute atomic E-state index is 0.238. The molecule has 2 aromatic carbocycles. The number of ketones is 1. The zero-order chi connectivity index (χ0) is 22.3. The Bertz CT molecular complexity index is 921. The molecule has 0 bridgehead atoms. The van der Waals surface area contributed by atoms with Gasteiger partial charge in [0.1, 0.15) is 0 Å². The molecule has 4 rings (SSSR count). The number of unbranched alkanes of at least 4 members (excludes halogenated alkanes) is 2. The maximum absolute atomic E-state index is 12.9. The third-order valence-electron chi connectivity index (χ3n) is 6.98. The summed E-state index contributed by atoms with van der Waals surface area (Å²) in [6.45, 7) is 6.32. The second-order valence-electron chi connectivity index (χ2n) is 9.20. The summed E-state index contributed by atoms with van der Waals surface area (Å²) in [7, 11) is 0. The molecule has 32 heavy (non-hydrogen) atoms. The molecule has 1 amide bonds. The fourth-order valence-electron chi connectivity index (χ4n) is 5.12. The summed E-state index contributed by atoms with van der Waals surface area (Å²) >= 11 is 0. The lowest BCUT2D eigenvalue weighted by molar-refractivity contribution is -0.119. The summed E-state index contributed by atoms with van der Waals surface area (Å²) in [6.07, 6.45) is 8.21. The van der Waals surface area contributed by atoms with Gasteiger partial charge in [0.15, 0.2) is 5.78 Å². The number of nitrogens with zero attached hydrogens (tertiary/aromatic N) is 2. The number of likely N-dealkylation sites (N-methyl/N-ethyl adjacent to an activating group) is 1. The number of rotatable bonds is 11. The number of hydrogen-bond donors (Lipinski definition) is 0. The molecule has 0 aromatic heterocycles. The molecule has 2 aliphatic heterocycles. The first-order valence-electron chi connectivity index (χ1n) is 12.4. The Hall–Kier alpha value is -2.46. The van der Waals surface area contributed by atoms with Crippen molar-refractivity contribution in [2.24, 2.45) is 0 Å². The Labute approximate surface area is 192 Å². The van der Waals surface area contributed by atoms with Crippen LogP contribution in [0.15, 0.2) is 42.5 Å². The molecule has 4 nitrogen and oxygen atoms in total. The van der Waals surface area contributed by atoms with Crippen molar-refractivity contribution in [2.45, 2.75) is 64.7 Å². The summed E-state index contributed by atoms with van der Waals surface area (Å²) in [5, 5.41) is 0. The third-order valence-corrected chi connectivity index (χ3v) is 6.98. The van der Waals surface area contributed by atoms with E-state index in [9.17, 15) is 9.59 Å². The highest BCUT2D eigenvalue weighted by atomic mass is 16.2. The van der Waals surface area contributed by atoms with E-state index in [1.54, 1.807) is 0 Å². The van der Waals surface area contributed by atoms with Gasteiger partial charge >= 0.3 is 0 Å². The number of carbonyl (C=O) groups excluding carboxylic acids is 2. The molecule has 2 aromatic rings. The van der Waals surface area contributed by atoms with E-state index in [2.05, 4.69) is 54.3 Å².